The summed E-state index contributed by atoms with van der Waals surface area (Å²) in [6, 6.07) is 5.00. The molecule has 1 aromatic carbocycles. The molecule has 8 heteroatoms. The molecule has 1 heterocycles. The van der Waals surface area contributed by atoms with E-state index in [2.05, 4.69) is 5.32 Å². The standard InChI is InChI=1S/C11H10N2O6/c14-10-5-9(6-12-10)19-11(15)18-8-3-1-7(2-4-8)13(16)17/h1-4,9H,5-6H2,(H,12,14)/t9-/m1/s1. The lowest BCUT2D eigenvalue weighted by Gasteiger charge is -2.09. The van der Waals surface area contributed by atoms with E-state index in [1.165, 1.54) is 24.3 Å². The quantitative estimate of drug-likeness (QED) is 0.378. The van der Waals surface area contributed by atoms with Gasteiger partial charge in [0, 0.05) is 12.1 Å². The molecule has 2 rings (SSSR count). The Kier molecular flexibility index (Phi) is 3.60. The van der Waals surface area contributed by atoms with E-state index in [-0.39, 0.29) is 30.3 Å². The first kappa shape index (κ1) is 12.8. The summed E-state index contributed by atoms with van der Waals surface area (Å²) < 4.78 is 9.71. The highest BCUT2D eigenvalue weighted by molar-refractivity contribution is 5.79. The molecule has 0 aromatic heterocycles. The van der Waals surface area contributed by atoms with Crippen LogP contribution in [0, 0.1) is 10.1 Å². The minimum Gasteiger partial charge on any atom is -0.428 e. The number of nitro benzene ring substituents is 1. The van der Waals surface area contributed by atoms with E-state index in [4.69, 9.17) is 9.47 Å². The Morgan fingerprint density at radius 3 is 2.58 bits per heavy atom. The maximum absolute atomic E-state index is 11.4. The third-order valence-corrected chi connectivity index (χ3v) is 2.45. The second kappa shape index (κ2) is 5.34. The second-order valence-corrected chi connectivity index (χ2v) is 3.85. The molecule has 1 fully saturated rings. The summed E-state index contributed by atoms with van der Waals surface area (Å²) in [5, 5.41) is 12.9. The van der Waals surface area contributed by atoms with Crippen LogP contribution in [0.4, 0.5) is 10.5 Å². The van der Waals surface area contributed by atoms with Gasteiger partial charge in [0.1, 0.15) is 11.9 Å². The number of amides is 1. The van der Waals surface area contributed by atoms with Gasteiger partial charge >= 0.3 is 6.16 Å². The molecule has 1 aromatic rings. The summed E-state index contributed by atoms with van der Waals surface area (Å²) in [4.78, 5) is 32.1. The van der Waals surface area contributed by atoms with Crippen LogP contribution in [0.25, 0.3) is 0 Å². The highest BCUT2D eigenvalue weighted by atomic mass is 16.7. The summed E-state index contributed by atoms with van der Waals surface area (Å²) >= 11 is 0. The molecule has 100 valence electrons. The summed E-state index contributed by atoms with van der Waals surface area (Å²) in [7, 11) is 0. The van der Waals surface area contributed by atoms with Crippen molar-refractivity contribution in [3.05, 3.63) is 34.4 Å². The minimum absolute atomic E-state index is 0.105. The van der Waals surface area contributed by atoms with Crippen molar-refractivity contribution < 1.29 is 24.0 Å². The molecule has 1 N–H and O–H groups in total. The average Bonchev–Trinajstić information content (AvgIpc) is 2.75. The molecule has 0 unspecified atom stereocenters. The van der Waals surface area contributed by atoms with Crippen molar-refractivity contribution in [2.45, 2.75) is 12.5 Å². The van der Waals surface area contributed by atoms with Gasteiger partial charge in [0.15, 0.2) is 0 Å². The van der Waals surface area contributed by atoms with Crippen LogP contribution >= 0.6 is 0 Å². The summed E-state index contributed by atoms with van der Waals surface area (Å²) in [6.45, 7) is 0.258. The maximum atomic E-state index is 11.4. The molecule has 1 aliphatic rings. The zero-order valence-corrected chi connectivity index (χ0v) is 9.70. The van der Waals surface area contributed by atoms with Gasteiger partial charge in [-0.05, 0) is 12.1 Å². The number of benzene rings is 1. The number of hydrogen-bond acceptors (Lipinski definition) is 6. The molecule has 0 saturated carbocycles. The number of ether oxygens (including phenoxy) is 2. The number of carbonyl (C=O) groups excluding carboxylic acids is 2. The number of nitrogens with zero attached hydrogens (tertiary/aromatic N) is 1. The Morgan fingerprint density at radius 2 is 2.05 bits per heavy atom. The van der Waals surface area contributed by atoms with Gasteiger partial charge in [0.25, 0.3) is 5.69 Å². The van der Waals surface area contributed by atoms with Gasteiger partial charge < -0.3 is 14.8 Å². The van der Waals surface area contributed by atoms with Crippen molar-refractivity contribution in [3.8, 4) is 5.75 Å². The van der Waals surface area contributed by atoms with Crippen LogP contribution in [-0.4, -0.2) is 29.6 Å². The summed E-state index contributed by atoms with van der Waals surface area (Å²) in [5.74, 6) is -0.0546. The zero-order chi connectivity index (χ0) is 13.8. The van der Waals surface area contributed by atoms with Crippen molar-refractivity contribution >= 4 is 17.7 Å². The Labute approximate surface area is 107 Å². The van der Waals surface area contributed by atoms with Gasteiger partial charge in [-0.15, -0.1) is 0 Å². The Balaban J connectivity index is 1.88. The smallest absolute Gasteiger partial charge is 0.428 e. The fourth-order valence-electron chi connectivity index (χ4n) is 1.55. The van der Waals surface area contributed by atoms with E-state index >= 15 is 0 Å². The van der Waals surface area contributed by atoms with E-state index in [0.29, 0.717) is 0 Å². The first-order valence-electron chi connectivity index (χ1n) is 5.44. The lowest BCUT2D eigenvalue weighted by atomic mass is 10.3. The Hall–Kier alpha value is -2.64. The average molecular weight is 266 g/mol. The van der Waals surface area contributed by atoms with E-state index in [0.717, 1.165) is 0 Å². The van der Waals surface area contributed by atoms with Gasteiger partial charge in [0.2, 0.25) is 5.91 Å². The number of hydrogen-bond donors (Lipinski definition) is 1. The van der Waals surface area contributed by atoms with Crippen LogP contribution in [0.3, 0.4) is 0 Å². The van der Waals surface area contributed by atoms with E-state index < -0.39 is 17.2 Å². The summed E-state index contributed by atoms with van der Waals surface area (Å²) in [5.41, 5.74) is -0.105. The van der Waals surface area contributed by atoms with Crippen LogP contribution in [-0.2, 0) is 9.53 Å². The molecular weight excluding hydrogens is 256 g/mol. The molecule has 1 atom stereocenters. The van der Waals surface area contributed by atoms with Gasteiger partial charge in [0.05, 0.1) is 17.9 Å². The van der Waals surface area contributed by atoms with E-state index in [9.17, 15) is 19.7 Å². The van der Waals surface area contributed by atoms with Gasteiger partial charge in [-0.25, -0.2) is 4.79 Å². The largest absolute Gasteiger partial charge is 0.514 e. The third-order valence-electron chi connectivity index (χ3n) is 2.45. The predicted octanol–water partition coefficient (Wildman–Crippen LogP) is 0.999. The van der Waals surface area contributed by atoms with Gasteiger partial charge in [-0.1, -0.05) is 0 Å². The monoisotopic (exact) mass is 266 g/mol. The van der Waals surface area contributed by atoms with Crippen molar-refractivity contribution in [3.63, 3.8) is 0 Å². The normalized spacial score (nSPS) is 17.7. The van der Waals surface area contributed by atoms with Gasteiger partial charge in [-0.3, -0.25) is 14.9 Å². The highest BCUT2D eigenvalue weighted by Gasteiger charge is 2.25. The number of nitro groups is 1. The molecule has 1 aliphatic heterocycles. The molecular formula is C11H10N2O6. The molecule has 1 amide bonds. The lowest BCUT2D eigenvalue weighted by Crippen LogP contribution is -2.23. The highest BCUT2D eigenvalue weighted by Crippen LogP contribution is 2.18. The minimum atomic E-state index is -0.949. The van der Waals surface area contributed by atoms with Gasteiger partial charge in [-0.2, -0.15) is 0 Å². The van der Waals surface area contributed by atoms with E-state index in [1.54, 1.807) is 0 Å². The number of nitrogens with one attached hydrogen (secondary N) is 1. The van der Waals surface area contributed by atoms with Crippen molar-refractivity contribution in [1.82, 2.24) is 5.32 Å². The van der Waals surface area contributed by atoms with Crippen molar-refractivity contribution in [1.29, 1.82) is 0 Å². The molecule has 1 saturated heterocycles. The third kappa shape index (κ3) is 3.41. The molecule has 0 spiro atoms. The molecule has 0 radical (unpaired) electrons. The molecule has 19 heavy (non-hydrogen) atoms. The number of non-ortho nitro benzene ring substituents is 1. The van der Waals surface area contributed by atoms with Crippen LogP contribution in [0.1, 0.15) is 6.42 Å². The van der Waals surface area contributed by atoms with Crippen LogP contribution < -0.4 is 10.1 Å². The molecule has 8 nitrogen and oxygen atoms in total. The lowest BCUT2D eigenvalue weighted by molar-refractivity contribution is -0.384. The first-order valence-corrected chi connectivity index (χ1v) is 5.44. The Bertz CT molecular complexity index is 512. The van der Waals surface area contributed by atoms with Crippen LogP contribution in [0.2, 0.25) is 0 Å². The van der Waals surface area contributed by atoms with Crippen LogP contribution in [0.5, 0.6) is 5.75 Å². The topological polar surface area (TPSA) is 108 Å². The second-order valence-electron chi connectivity index (χ2n) is 3.85. The Morgan fingerprint density at radius 1 is 1.37 bits per heavy atom. The molecule has 0 bridgehead atoms. The summed E-state index contributed by atoms with van der Waals surface area (Å²) in [6.07, 6.45) is -1.39. The number of rotatable bonds is 3. The fraction of sp³-hybridized carbons (Fsp3) is 0.273. The maximum Gasteiger partial charge on any atom is 0.514 e. The van der Waals surface area contributed by atoms with E-state index in [1.807, 2.05) is 0 Å². The first-order chi connectivity index (χ1) is 9.04. The predicted molar refractivity (Wildman–Crippen MR) is 61.6 cm³/mol. The fourth-order valence-corrected chi connectivity index (χ4v) is 1.55. The SMILES string of the molecule is O=C1C[C@@H](OC(=O)Oc2ccc([N+](=O)[O-])cc2)CN1. The number of carbonyl (C=O) groups is 2. The van der Waals surface area contributed by atoms with Crippen molar-refractivity contribution in [2.24, 2.45) is 0 Å². The van der Waals surface area contributed by atoms with Crippen LogP contribution in [0.15, 0.2) is 24.3 Å². The van der Waals surface area contributed by atoms with Crippen molar-refractivity contribution in [2.75, 3.05) is 6.54 Å². The molecule has 0 aliphatic carbocycles. The zero-order valence-electron chi connectivity index (χ0n) is 9.70.